The number of benzene rings is 1. The van der Waals surface area contributed by atoms with E-state index >= 15 is 0 Å². The zero-order valence-corrected chi connectivity index (χ0v) is 13.1. The Hall–Kier alpha value is -1.85. The van der Waals surface area contributed by atoms with Crippen molar-refractivity contribution in [3.8, 4) is 0 Å². The summed E-state index contributed by atoms with van der Waals surface area (Å²) in [6.07, 6.45) is -0.891. The lowest BCUT2D eigenvalue weighted by atomic mass is 10.2. The summed E-state index contributed by atoms with van der Waals surface area (Å²) in [4.78, 5) is 24.3. The topological polar surface area (TPSA) is 55.4 Å². The molecule has 2 rings (SSSR count). The van der Waals surface area contributed by atoms with Crippen LogP contribution in [-0.2, 0) is 9.53 Å². The van der Waals surface area contributed by atoms with Gasteiger partial charge in [-0.15, -0.1) is 11.3 Å². The highest BCUT2D eigenvalue weighted by Gasteiger charge is 2.20. The zero-order chi connectivity index (χ0) is 15.4. The Morgan fingerprint density at radius 1 is 1.29 bits per heavy atom. The number of ether oxygens (including phenoxy) is 1. The number of halogens is 1. The fourth-order valence-electron chi connectivity index (χ4n) is 1.64. The molecule has 1 aromatic carbocycles. The number of rotatable bonds is 4. The van der Waals surface area contributed by atoms with Crippen molar-refractivity contribution in [1.29, 1.82) is 0 Å². The van der Waals surface area contributed by atoms with Gasteiger partial charge in [0.05, 0.1) is 0 Å². The molecule has 1 heterocycles. The van der Waals surface area contributed by atoms with Gasteiger partial charge in [-0.2, -0.15) is 0 Å². The largest absolute Gasteiger partial charge is 0.448 e. The minimum Gasteiger partial charge on any atom is -0.448 e. The van der Waals surface area contributed by atoms with E-state index in [2.05, 4.69) is 5.32 Å². The Morgan fingerprint density at radius 2 is 2.05 bits per heavy atom. The van der Waals surface area contributed by atoms with E-state index in [1.807, 2.05) is 0 Å². The van der Waals surface area contributed by atoms with E-state index in [1.165, 1.54) is 18.3 Å². The molecule has 1 atom stereocenters. The molecule has 21 heavy (non-hydrogen) atoms. The van der Waals surface area contributed by atoms with Gasteiger partial charge in [-0.1, -0.05) is 23.7 Å². The van der Waals surface area contributed by atoms with Crippen LogP contribution in [0.4, 0.5) is 5.69 Å². The number of hydrogen-bond donors (Lipinski definition) is 1. The third-order valence-electron chi connectivity index (χ3n) is 2.90. The maximum absolute atomic E-state index is 12.1. The molecule has 2 aromatic rings. The molecule has 110 valence electrons. The molecule has 0 radical (unpaired) electrons. The van der Waals surface area contributed by atoms with Gasteiger partial charge in [0.25, 0.3) is 5.91 Å². The second-order valence-electron chi connectivity index (χ2n) is 4.43. The highest BCUT2D eigenvalue weighted by Crippen LogP contribution is 2.23. The van der Waals surface area contributed by atoms with Gasteiger partial charge in [-0.25, -0.2) is 4.79 Å². The summed E-state index contributed by atoms with van der Waals surface area (Å²) in [5, 5.41) is 5.04. The summed E-state index contributed by atoms with van der Waals surface area (Å²) in [7, 11) is 0. The predicted octanol–water partition coefficient (Wildman–Crippen LogP) is 3.89. The standard InChI is InChI=1S/C15H14ClNO3S/c1-9-11(16)5-3-6-12(9)17-14(18)10(2)20-15(19)13-7-4-8-21-13/h3-8,10H,1-2H3,(H,17,18). The number of thiophene rings is 1. The lowest BCUT2D eigenvalue weighted by molar-refractivity contribution is -0.123. The first-order valence-electron chi connectivity index (χ1n) is 6.29. The minimum atomic E-state index is -0.891. The minimum absolute atomic E-state index is 0.398. The second-order valence-corrected chi connectivity index (χ2v) is 5.78. The van der Waals surface area contributed by atoms with Gasteiger partial charge in [0, 0.05) is 10.7 Å². The van der Waals surface area contributed by atoms with Gasteiger partial charge in [-0.3, -0.25) is 4.79 Å². The van der Waals surface area contributed by atoms with Crippen molar-refractivity contribution >= 4 is 40.5 Å². The normalized spacial score (nSPS) is 11.8. The van der Waals surface area contributed by atoms with E-state index < -0.39 is 18.0 Å². The molecule has 1 unspecified atom stereocenters. The third-order valence-corrected chi connectivity index (χ3v) is 4.16. The first kappa shape index (κ1) is 15.5. The van der Waals surface area contributed by atoms with Crippen molar-refractivity contribution in [1.82, 2.24) is 0 Å². The molecule has 0 spiro atoms. The quantitative estimate of drug-likeness (QED) is 0.868. The monoisotopic (exact) mass is 323 g/mol. The van der Waals surface area contributed by atoms with Crippen molar-refractivity contribution in [2.75, 3.05) is 5.32 Å². The van der Waals surface area contributed by atoms with Crippen molar-refractivity contribution < 1.29 is 14.3 Å². The number of amides is 1. The summed E-state index contributed by atoms with van der Waals surface area (Å²) >= 11 is 7.26. The van der Waals surface area contributed by atoms with E-state index in [-0.39, 0.29) is 0 Å². The molecule has 0 bridgehead atoms. The highest BCUT2D eigenvalue weighted by molar-refractivity contribution is 7.11. The van der Waals surface area contributed by atoms with Crippen LogP contribution in [0.2, 0.25) is 5.02 Å². The van der Waals surface area contributed by atoms with E-state index in [0.717, 1.165) is 5.56 Å². The fourth-order valence-corrected chi connectivity index (χ4v) is 2.42. The Morgan fingerprint density at radius 3 is 2.71 bits per heavy atom. The summed E-state index contributed by atoms with van der Waals surface area (Å²) < 4.78 is 5.13. The number of anilines is 1. The van der Waals surface area contributed by atoms with Crippen LogP contribution in [0.15, 0.2) is 35.7 Å². The van der Waals surface area contributed by atoms with E-state index in [9.17, 15) is 9.59 Å². The van der Waals surface area contributed by atoms with Gasteiger partial charge in [0.1, 0.15) is 4.88 Å². The van der Waals surface area contributed by atoms with Gasteiger partial charge in [0.15, 0.2) is 6.10 Å². The Bertz CT molecular complexity index is 655. The van der Waals surface area contributed by atoms with Crippen LogP contribution in [0.5, 0.6) is 0 Å². The second kappa shape index (κ2) is 6.74. The molecule has 1 amide bonds. The van der Waals surface area contributed by atoms with Crippen molar-refractivity contribution in [2.24, 2.45) is 0 Å². The molecule has 0 saturated carbocycles. The Labute approximate surface area is 131 Å². The molecule has 0 fully saturated rings. The Balaban J connectivity index is 2.00. The molecule has 1 aromatic heterocycles. The smallest absolute Gasteiger partial charge is 0.349 e. The van der Waals surface area contributed by atoms with Crippen LogP contribution in [0.25, 0.3) is 0 Å². The van der Waals surface area contributed by atoms with Crippen LogP contribution in [0, 0.1) is 6.92 Å². The zero-order valence-electron chi connectivity index (χ0n) is 11.6. The number of carbonyl (C=O) groups is 2. The summed E-state index contributed by atoms with van der Waals surface area (Å²) in [5.41, 5.74) is 1.37. The van der Waals surface area contributed by atoms with Gasteiger partial charge in [-0.05, 0) is 43.0 Å². The van der Waals surface area contributed by atoms with Gasteiger partial charge in [0.2, 0.25) is 0 Å². The highest BCUT2D eigenvalue weighted by atomic mass is 35.5. The predicted molar refractivity (Wildman–Crippen MR) is 84.0 cm³/mol. The Kier molecular flexibility index (Phi) is 4.98. The maximum atomic E-state index is 12.1. The van der Waals surface area contributed by atoms with Crippen LogP contribution < -0.4 is 5.32 Å². The first-order chi connectivity index (χ1) is 9.99. The summed E-state index contributed by atoms with van der Waals surface area (Å²) in [6, 6.07) is 8.63. The number of esters is 1. The third kappa shape index (κ3) is 3.83. The number of carbonyl (C=O) groups excluding carboxylic acids is 2. The molecule has 0 saturated heterocycles. The lowest BCUT2D eigenvalue weighted by Crippen LogP contribution is -2.30. The maximum Gasteiger partial charge on any atom is 0.349 e. The number of hydrogen-bond acceptors (Lipinski definition) is 4. The van der Waals surface area contributed by atoms with E-state index in [0.29, 0.717) is 15.6 Å². The van der Waals surface area contributed by atoms with Gasteiger partial charge >= 0.3 is 5.97 Å². The first-order valence-corrected chi connectivity index (χ1v) is 7.55. The summed E-state index contributed by atoms with van der Waals surface area (Å²) in [6.45, 7) is 3.33. The van der Waals surface area contributed by atoms with Crippen LogP contribution in [0.3, 0.4) is 0 Å². The molecule has 1 N–H and O–H groups in total. The molecule has 0 aliphatic rings. The van der Waals surface area contributed by atoms with Gasteiger partial charge < -0.3 is 10.1 Å². The molecular weight excluding hydrogens is 310 g/mol. The van der Waals surface area contributed by atoms with Crippen LogP contribution in [-0.4, -0.2) is 18.0 Å². The summed E-state index contributed by atoms with van der Waals surface area (Å²) in [5.74, 6) is -0.902. The van der Waals surface area contributed by atoms with Crippen LogP contribution >= 0.6 is 22.9 Å². The molecule has 6 heteroatoms. The average molecular weight is 324 g/mol. The van der Waals surface area contributed by atoms with Crippen molar-refractivity contribution in [2.45, 2.75) is 20.0 Å². The SMILES string of the molecule is Cc1c(Cl)cccc1NC(=O)C(C)OC(=O)c1cccs1. The van der Waals surface area contributed by atoms with Crippen LogP contribution in [0.1, 0.15) is 22.2 Å². The average Bonchev–Trinajstić information content (AvgIpc) is 2.98. The van der Waals surface area contributed by atoms with Crippen molar-refractivity contribution in [3.05, 3.63) is 51.2 Å². The molecular formula is C15H14ClNO3S. The molecule has 0 aliphatic heterocycles. The molecule has 0 aliphatic carbocycles. The van der Waals surface area contributed by atoms with E-state index in [1.54, 1.807) is 42.6 Å². The van der Waals surface area contributed by atoms with Crippen molar-refractivity contribution in [3.63, 3.8) is 0 Å². The molecule has 4 nitrogen and oxygen atoms in total. The fraction of sp³-hybridized carbons (Fsp3) is 0.200. The lowest BCUT2D eigenvalue weighted by Gasteiger charge is -2.14. The number of nitrogens with one attached hydrogen (secondary N) is 1. The van der Waals surface area contributed by atoms with E-state index in [4.69, 9.17) is 16.3 Å².